The maximum atomic E-state index is 13.5. The average molecular weight is 455 g/mol. The minimum absolute atomic E-state index is 0.132. The topological polar surface area (TPSA) is 145 Å². The van der Waals surface area contributed by atoms with E-state index in [9.17, 15) is 31.6 Å². The van der Waals surface area contributed by atoms with Gasteiger partial charge in [0, 0.05) is 18.3 Å². The molecule has 0 aliphatic rings. The Morgan fingerprint density at radius 2 is 1.74 bits per heavy atom. The summed E-state index contributed by atoms with van der Waals surface area (Å²) < 4.78 is 53.8. The first-order chi connectivity index (χ1) is 14.5. The average Bonchev–Trinajstić information content (AvgIpc) is 2.67. The highest BCUT2D eigenvalue weighted by molar-refractivity contribution is 7.89. The molecule has 0 fully saturated rings. The third kappa shape index (κ3) is 7.12. The van der Waals surface area contributed by atoms with Crippen LogP contribution in [0.2, 0.25) is 0 Å². The van der Waals surface area contributed by atoms with E-state index in [0.717, 1.165) is 12.1 Å². The summed E-state index contributed by atoms with van der Waals surface area (Å²) in [5, 5.41) is 9.71. The van der Waals surface area contributed by atoms with E-state index in [1.54, 1.807) is 0 Å². The summed E-state index contributed by atoms with van der Waals surface area (Å²) >= 11 is 0. The Morgan fingerprint density at radius 1 is 1.10 bits per heavy atom. The van der Waals surface area contributed by atoms with E-state index >= 15 is 0 Å². The van der Waals surface area contributed by atoms with Crippen molar-refractivity contribution in [2.75, 3.05) is 11.9 Å². The molecule has 0 bridgehead atoms. The van der Waals surface area contributed by atoms with Crippen LogP contribution in [0.15, 0.2) is 47.4 Å². The van der Waals surface area contributed by atoms with Gasteiger partial charge in [-0.2, -0.15) is 0 Å². The van der Waals surface area contributed by atoms with Crippen molar-refractivity contribution in [3.8, 4) is 0 Å². The number of nitrogens with one attached hydrogen (secondary N) is 2. The predicted molar refractivity (Wildman–Crippen MR) is 105 cm³/mol. The second-order valence-electron chi connectivity index (χ2n) is 6.32. The van der Waals surface area contributed by atoms with Crippen molar-refractivity contribution >= 4 is 33.5 Å². The maximum absolute atomic E-state index is 13.5. The molecule has 1 unspecified atom stereocenters. The minimum Gasteiger partial charge on any atom is -0.452 e. The van der Waals surface area contributed by atoms with E-state index in [4.69, 9.17) is 9.88 Å². The van der Waals surface area contributed by atoms with Crippen LogP contribution in [0.1, 0.15) is 23.7 Å². The summed E-state index contributed by atoms with van der Waals surface area (Å²) in [4.78, 5) is 35.6. The van der Waals surface area contributed by atoms with E-state index in [2.05, 4.69) is 10.6 Å². The SMILES string of the molecule is CC(OC(=O)CCNC(=O)c1ccc(F)cc1F)C(=O)Nc1ccc(S(N)(=O)=O)cc1. The highest BCUT2D eigenvalue weighted by Crippen LogP contribution is 2.13. The van der Waals surface area contributed by atoms with E-state index in [1.165, 1.54) is 31.2 Å². The fourth-order valence-electron chi connectivity index (χ4n) is 2.33. The molecule has 0 aliphatic carbocycles. The number of nitrogens with two attached hydrogens (primary N) is 1. The fraction of sp³-hybridized carbons (Fsp3) is 0.211. The normalized spacial score (nSPS) is 12.0. The van der Waals surface area contributed by atoms with Crippen LogP contribution in [0.25, 0.3) is 0 Å². The van der Waals surface area contributed by atoms with Gasteiger partial charge in [0.2, 0.25) is 10.0 Å². The van der Waals surface area contributed by atoms with Crippen molar-refractivity contribution in [2.45, 2.75) is 24.3 Å². The number of halogens is 2. The molecule has 2 aromatic carbocycles. The van der Waals surface area contributed by atoms with E-state index in [-0.39, 0.29) is 29.1 Å². The second-order valence-corrected chi connectivity index (χ2v) is 7.88. The Balaban J connectivity index is 1.79. The number of primary sulfonamides is 1. The number of hydrogen-bond donors (Lipinski definition) is 3. The molecule has 0 aliphatic heterocycles. The highest BCUT2D eigenvalue weighted by Gasteiger charge is 2.19. The molecule has 1 atom stereocenters. The first-order valence-corrected chi connectivity index (χ1v) is 10.4. The van der Waals surface area contributed by atoms with Gasteiger partial charge in [0.05, 0.1) is 16.9 Å². The van der Waals surface area contributed by atoms with Gasteiger partial charge in [-0.25, -0.2) is 22.3 Å². The van der Waals surface area contributed by atoms with Crippen molar-refractivity contribution in [3.63, 3.8) is 0 Å². The molecule has 4 N–H and O–H groups in total. The number of carbonyl (C=O) groups excluding carboxylic acids is 3. The number of sulfonamides is 1. The summed E-state index contributed by atoms with van der Waals surface area (Å²) in [5.41, 5.74) is -0.121. The first kappa shape index (κ1) is 23.9. The van der Waals surface area contributed by atoms with Crippen LogP contribution in [0.3, 0.4) is 0 Å². The number of amides is 2. The zero-order valence-corrected chi connectivity index (χ0v) is 17.0. The van der Waals surface area contributed by atoms with Gasteiger partial charge >= 0.3 is 5.97 Å². The van der Waals surface area contributed by atoms with Crippen molar-refractivity contribution in [2.24, 2.45) is 5.14 Å². The van der Waals surface area contributed by atoms with Crippen molar-refractivity contribution in [3.05, 3.63) is 59.7 Å². The molecule has 12 heteroatoms. The lowest BCUT2D eigenvalue weighted by molar-refractivity contribution is -0.153. The van der Waals surface area contributed by atoms with Crippen LogP contribution < -0.4 is 15.8 Å². The fourth-order valence-corrected chi connectivity index (χ4v) is 2.84. The Morgan fingerprint density at radius 3 is 2.32 bits per heavy atom. The summed E-state index contributed by atoms with van der Waals surface area (Å²) in [6.07, 6.45) is -1.48. The van der Waals surface area contributed by atoms with Gasteiger partial charge in [0.15, 0.2) is 6.10 Å². The van der Waals surface area contributed by atoms with Crippen LogP contribution in [0.5, 0.6) is 0 Å². The molecule has 9 nitrogen and oxygen atoms in total. The third-order valence-corrected chi connectivity index (χ3v) is 4.85. The lowest BCUT2D eigenvalue weighted by Crippen LogP contribution is -2.32. The van der Waals surface area contributed by atoms with Crippen LogP contribution in [0, 0.1) is 11.6 Å². The van der Waals surface area contributed by atoms with Crippen molar-refractivity contribution in [1.29, 1.82) is 0 Å². The van der Waals surface area contributed by atoms with Gasteiger partial charge in [0.1, 0.15) is 11.6 Å². The number of rotatable bonds is 8. The van der Waals surface area contributed by atoms with E-state index in [1.807, 2.05) is 0 Å². The molecule has 0 saturated heterocycles. The Kier molecular flexibility index (Phi) is 7.78. The molecule has 0 spiro atoms. The lowest BCUT2D eigenvalue weighted by Gasteiger charge is -2.14. The molecule has 2 amide bonds. The molecule has 0 heterocycles. The molecule has 0 saturated carbocycles. The van der Waals surface area contributed by atoms with Crippen molar-refractivity contribution in [1.82, 2.24) is 5.32 Å². The Bertz CT molecular complexity index is 1090. The number of anilines is 1. The van der Waals surface area contributed by atoms with Gasteiger partial charge < -0.3 is 15.4 Å². The minimum atomic E-state index is -3.87. The summed E-state index contributed by atoms with van der Waals surface area (Å²) in [5.74, 6) is -4.17. The number of ether oxygens (including phenoxy) is 1. The maximum Gasteiger partial charge on any atom is 0.308 e. The zero-order valence-electron chi connectivity index (χ0n) is 16.2. The summed E-state index contributed by atoms with van der Waals surface area (Å²) in [6, 6.07) is 7.50. The number of carbonyl (C=O) groups is 3. The molecular weight excluding hydrogens is 436 g/mol. The third-order valence-electron chi connectivity index (χ3n) is 3.92. The van der Waals surface area contributed by atoms with E-state index in [0.29, 0.717) is 6.07 Å². The highest BCUT2D eigenvalue weighted by atomic mass is 32.2. The monoisotopic (exact) mass is 455 g/mol. The number of benzene rings is 2. The van der Waals surface area contributed by atoms with Gasteiger partial charge in [0.25, 0.3) is 11.8 Å². The Labute approximate surface area is 176 Å². The lowest BCUT2D eigenvalue weighted by atomic mass is 10.2. The Hall–Kier alpha value is -3.38. The largest absolute Gasteiger partial charge is 0.452 e. The standard InChI is InChI=1S/C19H19F2N3O6S/c1-11(18(26)24-13-3-5-14(6-4-13)31(22,28)29)30-17(25)8-9-23-19(27)15-7-2-12(20)10-16(15)21/h2-7,10-11H,8-9H2,1H3,(H,23,27)(H,24,26)(H2,22,28,29). The van der Waals surface area contributed by atoms with Gasteiger partial charge in [-0.1, -0.05) is 0 Å². The first-order valence-electron chi connectivity index (χ1n) is 8.84. The van der Waals surface area contributed by atoms with Crippen LogP contribution in [0.4, 0.5) is 14.5 Å². The number of hydrogen-bond acceptors (Lipinski definition) is 6. The van der Waals surface area contributed by atoms with Gasteiger partial charge in [-0.05, 0) is 43.3 Å². The molecule has 0 radical (unpaired) electrons. The zero-order chi connectivity index (χ0) is 23.2. The van der Waals surface area contributed by atoms with Gasteiger partial charge in [-0.3, -0.25) is 14.4 Å². The molecule has 2 rings (SSSR count). The summed E-state index contributed by atoms with van der Waals surface area (Å²) in [7, 11) is -3.87. The quantitative estimate of drug-likeness (QED) is 0.512. The molecule has 31 heavy (non-hydrogen) atoms. The molecule has 2 aromatic rings. The molecule has 0 aromatic heterocycles. The molecule has 166 valence electrons. The molecular formula is C19H19F2N3O6S. The predicted octanol–water partition coefficient (Wildman–Crippen LogP) is 1.30. The van der Waals surface area contributed by atoms with Crippen molar-refractivity contribution < 1.29 is 36.3 Å². The second kappa shape index (κ2) is 10.1. The van der Waals surface area contributed by atoms with E-state index < -0.39 is 45.5 Å². The van der Waals surface area contributed by atoms with Crippen LogP contribution >= 0.6 is 0 Å². The van der Waals surface area contributed by atoms with Crippen LogP contribution in [-0.4, -0.2) is 38.9 Å². The van der Waals surface area contributed by atoms with Crippen LogP contribution in [-0.2, 0) is 24.3 Å². The van der Waals surface area contributed by atoms with Gasteiger partial charge in [-0.15, -0.1) is 0 Å². The number of esters is 1. The smallest absolute Gasteiger partial charge is 0.308 e. The summed E-state index contributed by atoms with van der Waals surface area (Å²) in [6.45, 7) is 1.12.